The molecule has 0 saturated heterocycles. The summed E-state index contributed by atoms with van der Waals surface area (Å²) >= 11 is 1.06. The molecule has 0 aliphatic carbocycles. The molecule has 2 N–H and O–H groups in total. The zero-order chi connectivity index (χ0) is 13.0. The zero-order valence-electron chi connectivity index (χ0n) is 9.56. The van der Waals surface area contributed by atoms with Gasteiger partial charge >= 0.3 is 6.09 Å². The summed E-state index contributed by atoms with van der Waals surface area (Å²) in [6.07, 6.45) is -0.553. The van der Waals surface area contributed by atoms with E-state index in [0.717, 1.165) is 22.2 Å². The third kappa shape index (κ3) is 2.73. The summed E-state index contributed by atoms with van der Waals surface area (Å²) in [5, 5.41) is 13.1. The lowest BCUT2D eigenvalue weighted by Crippen LogP contribution is -2.14. The van der Waals surface area contributed by atoms with Gasteiger partial charge in [-0.25, -0.2) is 9.78 Å². The average molecular weight is 262 g/mol. The van der Waals surface area contributed by atoms with E-state index in [2.05, 4.69) is 15.3 Å². The molecule has 0 spiro atoms. The number of ether oxygens (including phenoxy) is 1. The number of benzene rings is 1. The molecule has 0 aliphatic heterocycles. The van der Waals surface area contributed by atoms with Crippen molar-refractivity contribution in [1.29, 1.82) is 5.26 Å². The molecular formula is C11H10N4O2S. The standard InChI is InChI=1S/C11H10N4O2S/c1-2-17-11(16)15-10-13-8-4-3-7(18-6-12)5-9(8)14-10/h3-5H,2H2,1H3,(H2,13,14,15,16). The van der Waals surface area contributed by atoms with Gasteiger partial charge in [0.25, 0.3) is 0 Å². The maximum Gasteiger partial charge on any atom is 0.413 e. The number of anilines is 1. The molecule has 0 fully saturated rings. The molecule has 0 atom stereocenters. The number of imidazole rings is 1. The predicted molar refractivity (Wildman–Crippen MR) is 68.2 cm³/mol. The number of carbonyl (C=O) groups excluding carboxylic acids is 1. The van der Waals surface area contributed by atoms with Gasteiger partial charge in [-0.1, -0.05) is 0 Å². The van der Waals surface area contributed by atoms with E-state index in [4.69, 9.17) is 10.00 Å². The summed E-state index contributed by atoms with van der Waals surface area (Å²) in [5.41, 5.74) is 1.46. The number of nitrogens with zero attached hydrogens (tertiary/aromatic N) is 2. The molecule has 0 bridgehead atoms. The number of aromatic nitrogens is 2. The molecule has 0 unspecified atom stereocenters. The summed E-state index contributed by atoms with van der Waals surface area (Å²) in [6, 6.07) is 5.39. The molecule has 1 aromatic carbocycles. The number of fused-ring (bicyclic) bond motifs is 1. The molecule has 7 heteroatoms. The van der Waals surface area contributed by atoms with Crippen molar-refractivity contribution in [2.75, 3.05) is 11.9 Å². The third-order valence-electron chi connectivity index (χ3n) is 2.11. The van der Waals surface area contributed by atoms with E-state index in [1.54, 1.807) is 19.1 Å². The molecule has 0 saturated carbocycles. The van der Waals surface area contributed by atoms with Gasteiger partial charge in [0.1, 0.15) is 5.40 Å². The predicted octanol–water partition coefficient (Wildman–Crippen LogP) is 2.70. The smallest absolute Gasteiger partial charge is 0.413 e. The van der Waals surface area contributed by atoms with Crippen molar-refractivity contribution < 1.29 is 9.53 Å². The number of rotatable bonds is 3. The van der Waals surface area contributed by atoms with Crippen LogP contribution in [0.15, 0.2) is 23.1 Å². The molecule has 18 heavy (non-hydrogen) atoms. The van der Waals surface area contributed by atoms with Crippen LogP contribution in [0, 0.1) is 10.7 Å². The minimum absolute atomic E-state index is 0.301. The summed E-state index contributed by atoms with van der Waals surface area (Å²) in [7, 11) is 0. The Balaban J connectivity index is 2.22. The third-order valence-corrected chi connectivity index (χ3v) is 2.69. The Hall–Kier alpha value is -2.20. The summed E-state index contributed by atoms with van der Waals surface area (Å²) in [6.45, 7) is 2.03. The van der Waals surface area contributed by atoms with Crippen LogP contribution in [-0.2, 0) is 4.74 Å². The van der Waals surface area contributed by atoms with E-state index in [1.807, 2.05) is 11.5 Å². The van der Waals surface area contributed by atoms with Gasteiger partial charge in [0.15, 0.2) is 0 Å². The first kappa shape index (κ1) is 12.3. The number of carbonyl (C=O) groups is 1. The van der Waals surface area contributed by atoms with Crippen molar-refractivity contribution >= 4 is 34.8 Å². The van der Waals surface area contributed by atoms with Crippen molar-refractivity contribution in [2.45, 2.75) is 11.8 Å². The minimum Gasteiger partial charge on any atom is -0.450 e. The topological polar surface area (TPSA) is 90.8 Å². The largest absolute Gasteiger partial charge is 0.450 e. The van der Waals surface area contributed by atoms with Gasteiger partial charge in [0, 0.05) is 4.90 Å². The minimum atomic E-state index is -0.553. The molecule has 1 heterocycles. The summed E-state index contributed by atoms with van der Waals surface area (Å²) in [4.78, 5) is 19.1. The lowest BCUT2D eigenvalue weighted by molar-refractivity contribution is 0.167. The van der Waals surface area contributed by atoms with Gasteiger partial charge in [-0.05, 0) is 36.9 Å². The van der Waals surface area contributed by atoms with Crippen LogP contribution in [0.3, 0.4) is 0 Å². The van der Waals surface area contributed by atoms with E-state index in [1.165, 1.54) is 0 Å². The van der Waals surface area contributed by atoms with E-state index in [-0.39, 0.29) is 0 Å². The van der Waals surface area contributed by atoms with E-state index >= 15 is 0 Å². The fourth-order valence-electron chi connectivity index (χ4n) is 1.42. The second-order valence-corrected chi connectivity index (χ2v) is 4.16. The van der Waals surface area contributed by atoms with Gasteiger partial charge in [0.05, 0.1) is 17.6 Å². The van der Waals surface area contributed by atoms with Crippen LogP contribution in [0.25, 0.3) is 11.0 Å². The second-order valence-electron chi connectivity index (χ2n) is 3.30. The number of H-pyrrole nitrogens is 1. The first-order chi connectivity index (χ1) is 8.72. The molecule has 2 aromatic rings. The van der Waals surface area contributed by atoms with Crippen molar-refractivity contribution in [1.82, 2.24) is 9.97 Å². The second kappa shape index (κ2) is 5.42. The quantitative estimate of drug-likeness (QED) is 0.655. The Morgan fingerprint density at radius 3 is 3.22 bits per heavy atom. The van der Waals surface area contributed by atoms with E-state index in [0.29, 0.717) is 18.1 Å². The number of hydrogen-bond donors (Lipinski definition) is 2. The SMILES string of the molecule is CCOC(=O)Nc1nc2cc(SC#N)ccc2[nH]1. The van der Waals surface area contributed by atoms with Crippen molar-refractivity contribution in [3.63, 3.8) is 0 Å². The number of thioether (sulfide) groups is 1. The van der Waals surface area contributed by atoms with Crippen LogP contribution in [-0.4, -0.2) is 22.7 Å². The molecular weight excluding hydrogens is 252 g/mol. The van der Waals surface area contributed by atoms with Crippen molar-refractivity contribution in [2.24, 2.45) is 0 Å². The fraction of sp³-hybridized carbons (Fsp3) is 0.182. The van der Waals surface area contributed by atoms with Gasteiger partial charge in [-0.15, -0.1) is 0 Å². The van der Waals surface area contributed by atoms with Crippen LogP contribution >= 0.6 is 11.8 Å². The Morgan fingerprint density at radius 1 is 1.67 bits per heavy atom. The van der Waals surface area contributed by atoms with Crippen LogP contribution < -0.4 is 5.32 Å². The van der Waals surface area contributed by atoms with Crippen molar-refractivity contribution in [3.05, 3.63) is 18.2 Å². The van der Waals surface area contributed by atoms with Crippen LogP contribution in [0.5, 0.6) is 0 Å². The molecule has 6 nitrogen and oxygen atoms in total. The lowest BCUT2D eigenvalue weighted by Gasteiger charge is -2.00. The number of nitriles is 1. The van der Waals surface area contributed by atoms with Crippen LogP contribution in [0.4, 0.5) is 10.7 Å². The maximum absolute atomic E-state index is 11.2. The first-order valence-corrected chi connectivity index (χ1v) is 6.04. The van der Waals surface area contributed by atoms with Gasteiger partial charge < -0.3 is 9.72 Å². The summed E-state index contributed by atoms with van der Waals surface area (Å²) < 4.78 is 4.75. The van der Waals surface area contributed by atoms with Crippen LogP contribution in [0.2, 0.25) is 0 Å². The Morgan fingerprint density at radius 2 is 2.50 bits per heavy atom. The Bertz CT molecular complexity index is 617. The average Bonchev–Trinajstić information content (AvgIpc) is 2.71. The van der Waals surface area contributed by atoms with Crippen molar-refractivity contribution in [3.8, 4) is 5.40 Å². The number of hydrogen-bond acceptors (Lipinski definition) is 5. The maximum atomic E-state index is 11.2. The molecule has 1 aromatic heterocycles. The highest BCUT2D eigenvalue weighted by Crippen LogP contribution is 2.22. The Labute approximate surface area is 107 Å². The van der Waals surface area contributed by atoms with E-state index in [9.17, 15) is 4.79 Å². The number of nitrogens with one attached hydrogen (secondary N) is 2. The summed E-state index contributed by atoms with van der Waals surface area (Å²) in [5.74, 6) is 0.322. The van der Waals surface area contributed by atoms with Crippen LogP contribution in [0.1, 0.15) is 6.92 Å². The van der Waals surface area contributed by atoms with Gasteiger partial charge in [0.2, 0.25) is 5.95 Å². The Kier molecular flexibility index (Phi) is 3.69. The van der Waals surface area contributed by atoms with Gasteiger partial charge in [-0.3, -0.25) is 5.32 Å². The monoisotopic (exact) mass is 262 g/mol. The van der Waals surface area contributed by atoms with E-state index < -0.39 is 6.09 Å². The van der Waals surface area contributed by atoms with Gasteiger partial charge in [-0.2, -0.15) is 5.26 Å². The highest BCUT2D eigenvalue weighted by atomic mass is 32.2. The molecule has 92 valence electrons. The zero-order valence-corrected chi connectivity index (χ0v) is 10.4. The highest BCUT2D eigenvalue weighted by molar-refractivity contribution is 8.03. The molecule has 0 radical (unpaired) electrons. The number of amides is 1. The highest BCUT2D eigenvalue weighted by Gasteiger charge is 2.07. The molecule has 2 rings (SSSR count). The molecule has 0 aliphatic rings. The number of thiocyanates is 1. The number of aromatic amines is 1. The normalized spacial score (nSPS) is 10.0. The fourth-order valence-corrected chi connectivity index (χ4v) is 1.84. The molecule has 1 amide bonds. The first-order valence-electron chi connectivity index (χ1n) is 5.22. The lowest BCUT2D eigenvalue weighted by atomic mass is 10.3.